The third kappa shape index (κ3) is 32.1. The van der Waals surface area contributed by atoms with E-state index in [-0.39, 0.29) is 6.61 Å². The van der Waals surface area contributed by atoms with Gasteiger partial charge in [-0.15, -0.1) is 0 Å². The van der Waals surface area contributed by atoms with Gasteiger partial charge in [-0.25, -0.2) is 4.79 Å². The standard InChI is InChI=1S/C50H85NO5/c1-6-8-10-12-14-16-18-20-22-24-26-28-30-32-34-36-40-53-48-44-47(45-56-50(52)55-42-38-39-51(4)5)49(43-46(48)3)54-41-37-35-33-31-29-27-25-23-21-19-17-15-13-11-9-7-2/h14-17,20-23,43-44H,6-13,18-19,24-42,45H2,1-5H3. The third-order valence-corrected chi connectivity index (χ3v) is 9.88. The maximum Gasteiger partial charge on any atom is 0.508 e. The number of benzene rings is 1. The summed E-state index contributed by atoms with van der Waals surface area (Å²) in [7, 11) is 4.01. The molecule has 1 aromatic rings. The van der Waals surface area contributed by atoms with Gasteiger partial charge in [-0.3, -0.25) is 0 Å². The Bertz CT molecular complexity index is 1170. The minimum absolute atomic E-state index is 0.0904. The van der Waals surface area contributed by atoms with E-state index in [2.05, 4.69) is 74.3 Å². The van der Waals surface area contributed by atoms with Crippen molar-refractivity contribution in [2.24, 2.45) is 0 Å². The molecule has 0 aromatic heterocycles. The number of nitrogens with zero attached hydrogens (tertiary/aromatic N) is 1. The first kappa shape index (κ1) is 51.0. The summed E-state index contributed by atoms with van der Waals surface area (Å²) in [5.74, 6) is 1.58. The summed E-state index contributed by atoms with van der Waals surface area (Å²) >= 11 is 0. The van der Waals surface area contributed by atoms with E-state index < -0.39 is 6.16 Å². The Kier molecular flexibility index (Phi) is 35.4. The lowest BCUT2D eigenvalue weighted by Crippen LogP contribution is -2.16. The van der Waals surface area contributed by atoms with Crippen LogP contribution >= 0.6 is 0 Å². The van der Waals surface area contributed by atoms with Gasteiger partial charge in [-0.05, 0) is 122 Å². The fraction of sp³-hybridized carbons (Fsp3) is 0.700. The summed E-state index contributed by atoms with van der Waals surface area (Å²) in [5, 5.41) is 0. The second kappa shape index (κ2) is 38.9. The van der Waals surface area contributed by atoms with E-state index in [1.165, 1.54) is 122 Å². The fourth-order valence-corrected chi connectivity index (χ4v) is 6.37. The normalized spacial score (nSPS) is 12.0. The lowest BCUT2D eigenvalue weighted by Gasteiger charge is -2.17. The van der Waals surface area contributed by atoms with Crippen molar-refractivity contribution < 1.29 is 23.7 Å². The van der Waals surface area contributed by atoms with Crippen molar-refractivity contribution in [1.82, 2.24) is 4.90 Å². The Morgan fingerprint density at radius 2 is 0.964 bits per heavy atom. The van der Waals surface area contributed by atoms with E-state index in [0.29, 0.717) is 19.8 Å². The molecule has 6 heteroatoms. The summed E-state index contributed by atoms with van der Waals surface area (Å²) < 4.78 is 23.3. The van der Waals surface area contributed by atoms with Gasteiger partial charge in [0.05, 0.1) is 19.8 Å². The van der Waals surface area contributed by atoms with Crippen LogP contribution in [-0.2, 0) is 16.1 Å². The lowest BCUT2D eigenvalue weighted by molar-refractivity contribution is 0.0474. The number of carbonyl (C=O) groups excluding carboxylic acids is 1. The molecule has 0 spiro atoms. The van der Waals surface area contributed by atoms with Crippen molar-refractivity contribution in [2.45, 2.75) is 188 Å². The number of aryl methyl sites for hydroxylation is 1. The van der Waals surface area contributed by atoms with Crippen molar-refractivity contribution in [3.05, 3.63) is 71.9 Å². The van der Waals surface area contributed by atoms with Crippen LogP contribution in [-0.4, -0.2) is 51.5 Å². The van der Waals surface area contributed by atoms with Crippen molar-refractivity contribution in [1.29, 1.82) is 0 Å². The highest BCUT2D eigenvalue weighted by molar-refractivity contribution is 5.60. The van der Waals surface area contributed by atoms with Gasteiger partial charge in [0.1, 0.15) is 18.1 Å². The first-order valence-corrected chi connectivity index (χ1v) is 22.9. The molecule has 0 N–H and O–H groups in total. The smallest absolute Gasteiger partial charge is 0.493 e. The summed E-state index contributed by atoms with van der Waals surface area (Å²) in [5.41, 5.74) is 1.85. The van der Waals surface area contributed by atoms with Gasteiger partial charge >= 0.3 is 6.16 Å². The third-order valence-electron chi connectivity index (χ3n) is 9.88. The Hall–Kier alpha value is -2.99. The average Bonchev–Trinajstić information content (AvgIpc) is 3.19. The number of rotatable bonds is 38. The average molecular weight is 780 g/mol. The van der Waals surface area contributed by atoms with Crippen LogP contribution in [0.5, 0.6) is 11.5 Å². The molecule has 320 valence electrons. The van der Waals surface area contributed by atoms with Crippen LogP contribution in [0.3, 0.4) is 0 Å². The van der Waals surface area contributed by atoms with E-state index in [0.717, 1.165) is 67.7 Å². The largest absolute Gasteiger partial charge is 0.508 e. The van der Waals surface area contributed by atoms with Crippen LogP contribution in [0, 0.1) is 6.92 Å². The zero-order valence-electron chi connectivity index (χ0n) is 37.0. The molecule has 0 radical (unpaired) electrons. The van der Waals surface area contributed by atoms with Crippen LogP contribution in [0.2, 0.25) is 0 Å². The predicted molar refractivity (Wildman–Crippen MR) is 240 cm³/mol. The molecule has 0 aliphatic heterocycles. The number of allylic oxidation sites excluding steroid dienone is 8. The van der Waals surface area contributed by atoms with Gasteiger partial charge in [-0.1, -0.05) is 140 Å². The van der Waals surface area contributed by atoms with Gasteiger partial charge in [0.25, 0.3) is 0 Å². The zero-order chi connectivity index (χ0) is 40.6. The highest BCUT2D eigenvalue weighted by Gasteiger charge is 2.14. The Morgan fingerprint density at radius 3 is 1.45 bits per heavy atom. The first-order chi connectivity index (χ1) is 27.5. The first-order valence-electron chi connectivity index (χ1n) is 22.9. The molecule has 0 amide bonds. The summed E-state index contributed by atoms with van der Waals surface area (Å²) in [6.07, 6.45) is 48.0. The summed E-state index contributed by atoms with van der Waals surface area (Å²) in [6.45, 7) is 9.17. The zero-order valence-corrected chi connectivity index (χ0v) is 37.0. The highest BCUT2D eigenvalue weighted by atomic mass is 16.7. The van der Waals surface area contributed by atoms with Gasteiger partial charge < -0.3 is 23.8 Å². The van der Waals surface area contributed by atoms with Crippen LogP contribution in [0.4, 0.5) is 4.79 Å². The fourth-order valence-electron chi connectivity index (χ4n) is 6.37. The molecule has 0 bridgehead atoms. The van der Waals surface area contributed by atoms with E-state index in [9.17, 15) is 4.79 Å². The molecule has 0 aliphatic carbocycles. The number of hydrogen-bond donors (Lipinski definition) is 0. The monoisotopic (exact) mass is 780 g/mol. The maximum atomic E-state index is 12.4. The minimum atomic E-state index is -0.649. The van der Waals surface area contributed by atoms with E-state index in [1.54, 1.807) is 0 Å². The van der Waals surface area contributed by atoms with Crippen LogP contribution in [0.1, 0.15) is 185 Å². The SMILES string of the molecule is CCCCCC=CCC=CCCCCCCCCOc1cc(COC(=O)OCCCN(C)C)c(OCCCCCCCCC=CCC=CCCCCC)cc1C. The molecule has 0 aliphatic rings. The van der Waals surface area contributed by atoms with E-state index >= 15 is 0 Å². The number of carbonyl (C=O) groups is 1. The van der Waals surface area contributed by atoms with Gasteiger partial charge in [-0.2, -0.15) is 0 Å². The molecule has 0 saturated heterocycles. The van der Waals surface area contributed by atoms with E-state index in [1.807, 2.05) is 26.2 Å². The number of unbranched alkanes of at least 4 members (excludes halogenated alkanes) is 18. The predicted octanol–water partition coefficient (Wildman–Crippen LogP) is 15.0. The van der Waals surface area contributed by atoms with E-state index in [4.69, 9.17) is 18.9 Å². The van der Waals surface area contributed by atoms with Crippen LogP contribution < -0.4 is 9.47 Å². The molecule has 1 rings (SSSR count). The molecular formula is C50H85NO5. The summed E-state index contributed by atoms with van der Waals surface area (Å²) in [6, 6.07) is 4.02. The van der Waals surface area contributed by atoms with Crippen LogP contribution in [0.15, 0.2) is 60.7 Å². The molecule has 0 saturated carbocycles. The minimum Gasteiger partial charge on any atom is -0.493 e. The highest BCUT2D eigenvalue weighted by Crippen LogP contribution is 2.30. The maximum absolute atomic E-state index is 12.4. The molecule has 0 fully saturated rings. The van der Waals surface area contributed by atoms with Crippen molar-refractivity contribution in [3.63, 3.8) is 0 Å². The van der Waals surface area contributed by atoms with Crippen LogP contribution in [0.25, 0.3) is 0 Å². The van der Waals surface area contributed by atoms with Crippen molar-refractivity contribution in [3.8, 4) is 11.5 Å². The Labute approximate surface area is 345 Å². The molecular weight excluding hydrogens is 695 g/mol. The molecule has 56 heavy (non-hydrogen) atoms. The quantitative estimate of drug-likeness (QED) is 0.0378. The molecule has 0 unspecified atom stereocenters. The number of hydrogen-bond acceptors (Lipinski definition) is 6. The molecule has 0 heterocycles. The topological polar surface area (TPSA) is 57.2 Å². The Balaban J connectivity index is 2.40. The van der Waals surface area contributed by atoms with Crippen molar-refractivity contribution in [2.75, 3.05) is 40.5 Å². The van der Waals surface area contributed by atoms with Gasteiger partial charge in [0.15, 0.2) is 0 Å². The second-order valence-electron chi connectivity index (χ2n) is 15.6. The molecule has 6 nitrogen and oxygen atoms in total. The molecule has 1 aromatic carbocycles. The Morgan fingerprint density at radius 1 is 0.518 bits per heavy atom. The summed E-state index contributed by atoms with van der Waals surface area (Å²) in [4.78, 5) is 14.4. The van der Waals surface area contributed by atoms with Gasteiger partial charge in [0.2, 0.25) is 0 Å². The second-order valence-corrected chi connectivity index (χ2v) is 15.6. The lowest BCUT2D eigenvalue weighted by atomic mass is 10.1. The van der Waals surface area contributed by atoms with Crippen molar-refractivity contribution >= 4 is 6.16 Å². The number of ether oxygens (including phenoxy) is 4. The molecule has 0 atom stereocenters. The van der Waals surface area contributed by atoms with Gasteiger partial charge in [0, 0.05) is 12.1 Å².